The number of hydrogen-bond acceptors (Lipinski definition) is 4. The molecule has 29 heavy (non-hydrogen) atoms. The van der Waals surface area contributed by atoms with E-state index in [-0.39, 0.29) is 11.4 Å². The van der Waals surface area contributed by atoms with E-state index in [9.17, 15) is 4.79 Å². The zero-order valence-electron chi connectivity index (χ0n) is 16.8. The number of carbonyl (C=O) groups excluding carboxylic acids is 1. The van der Waals surface area contributed by atoms with Crippen LogP contribution in [0.25, 0.3) is 11.0 Å². The van der Waals surface area contributed by atoms with Gasteiger partial charge in [-0.05, 0) is 48.6 Å². The van der Waals surface area contributed by atoms with Crippen LogP contribution in [-0.4, -0.2) is 45.2 Å². The Hall–Kier alpha value is -2.25. The molecule has 1 fully saturated rings. The Kier molecular flexibility index (Phi) is 6.25. The fourth-order valence-corrected chi connectivity index (χ4v) is 5.41. The van der Waals surface area contributed by atoms with Gasteiger partial charge in [0, 0.05) is 26.0 Å². The van der Waals surface area contributed by atoms with Gasteiger partial charge in [-0.25, -0.2) is 4.98 Å². The number of nitrogens with zero attached hydrogens (tertiary/aromatic N) is 3. The number of ether oxygens (including phenoxy) is 1. The number of carbonyl (C=O) groups is 1. The highest BCUT2D eigenvalue weighted by atomic mass is 32.2. The number of nitrogens with one attached hydrogen (secondary N) is 1. The first-order valence-corrected chi connectivity index (χ1v) is 11.3. The molecule has 1 aliphatic heterocycles. The van der Waals surface area contributed by atoms with Crippen LogP contribution in [-0.2, 0) is 28.2 Å². The normalized spacial score (nSPS) is 16.2. The van der Waals surface area contributed by atoms with Gasteiger partial charge in [0.15, 0.2) is 0 Å². The Morgan fingerprint density at radius 2 is 1.97 bits per heavy atom. The highest BCUT2D eigenvalue weighted by Crippen LogP contribution is 2.36. The highest BCUT2D eigenvalue weighted by Gasteiger charge is 2.35. The summed E-state index contributed by atoms with van der Waals surface area (Å²) in [5, 5.41) is 3.13. The van der Waals surface area contributed by atoms with E-state index in [4.69, 9.17) is 9.72 Å². The molecule has 6 nitrogen and oxygen atoms in total. The monoisotopic (exact) mass is 412 g/mol. The molecule has 0 unspecified atom stereocenters. The highest BCUT2D eigenvalue weighted by molar-refractivity contribution is 7.99. The molecule has 0 saturated carbocycles. The minimum Gasteiger partial charge on any atom is -0.383 e. The van der Waals surface area contributed by atoms with E-state index in [1.54, 1.807) is 7.11 Å². The van der Waals surface area contributed by atoms with Crippen molar-refractivity contribution in [1.82, 2.24) is 19.4 Å². The van der Waals surface area contributed by atoms with Crippen LogP contribution in [0.2, 0.25) is 0 Å². The summed E-state index contributed by atoms with van der Waals surface area (Å²) >= 11 is 1.97. The predicted molar refractivity (Wildman–Crippen MR) is 117 cm³/mol. The largest absolute Gasteiger partial charge is 0.383 e. The fourth-order valence-electron chi connectivity index (χ4n) is 4.16. The van der Waals surface area contributed by atoms with Crippen molar-refractivity contribution < 1.29 is 9.53 Å². The molecular formula is C22H28N4O2S. The molecule has 0 radical (unpaired) electrons. The summed E-state index contributed by atoms with van der Waals surface area (Å²) in [7, 11) is 1.70. The summed E-state index contributed by atoms with van der Waals surface area (Å²) in [4.78, 5) is 17.7. The molecule has 0 atom stereocenters. The molecule has 0 bridgehead atoms. The molecule has 2 aromatic heterocycles. The van der Waals surface area contributed by atoms with Gasteiger partial charge in [-0.3, -0.25) is 4.79 Å². The number of aromatic nitrogens is 3. The number of para-hydroxylation sites is 2. The molecule has 0 spiro atoms. The molecule has 3 heterocycles. The number of amides is 1. The second-order valence-electron chi connectivity index (χ2n) is 7.54. The van der Waals surface area contributed by atoms with Gasteiger partial charge in [-0.1, -0.05) is 12.1 Å². The summed E-state index contributed by atoms with van der Waals surface area (Å²) in [6, 6.07) is 12.1. The summed E-state index contributed by atoms with van der Waals surface area (Å²) < 4.78 is 9.63. The molecule has 1 aliphatic rings. The molecular weight excluding hydrogens is 384 g/mol. The summed E-state index contributed by atoms with van der Waals surface area (Å²) in [5.41, 5.74) is 1.90. The lowest BCUT2D eigenvalue weighted by Crippen LogP contribution is -2.41. The van der Waals surface area contributed by atoms with E-state index < -0.39 is 0 Å². The van der Waals surface area contributed by atoms with E-state index in [2.05, 4.69) is 32.9 Å². The maximum Gasteiger partial charge on any atom is 0.222 e. The molecule has 1 aromatic carbocycles. The van der Waals surface area contributed by atoms with E-state index in [0.29, 0.717) is 26.1 Å². The second-order valence-corrected chi connectivity index (χ2v) is 8.77. The molecule has 1 amide bonds. The van der Waals surface area contributed by atoms with E-state index in [1.165, 1.54) is 0 Å². The fraction of sp³-hybridized carbons (Fsp3) is 0.455. The SMILES string of the molecule is COCCn1c(CNC(=O)CC2(n3cccc3)CCSCC2)nc2ccccc21. The van der Waals surface area contributed by atoms with Crippen molar-refractivity contribution in [3.8, 4) is 0 Å². The maximum atomic E-state index is 12.9. The number of hydrogen-bond donors (Lipinski definition) is 1. The van der Waals surface area contributed by atoms with Gasteiger partial charge in [-0.15, -0.1) is 0 Å². The predicted octanol–water partition coefficient (Wildman–Crippen LogP) is 3.41. The van der Waals surface area contributed by atoms with Crippen LogP contribution in [0.15, 0.2) is 48.8 Å². The Morgan fingerprint density at radius 3 is 2.72 bits per heavy atom. The Morgan fingerprint density at radius 1 is 1.21 bits per heavy atom. The van der Waals surface area contributed by atoms with Crippen LogP contribution >= 0.6 is 11.8 Å². The summed E-state index contributed by atoms with van der Waals surface area (Å²) in [5.74, 6) is 3.14. The van der Waals surface area contributed by atoms with E-state index >= 15 is 0 Å². The van der Waals surface area contributed by atoms with Crippen molar-refractivity contribution in [2.24, 2.45) is 0 Å². The minimum atomic E-state index is -0.116. The van der Waals surface area contributed by atoms with E-state index in [0.717, 1.165) is 41.2 Å². The van der Waals surface area contributed by atoms with Gasteiger partial charge in [0.2, 0.25) is 5.91 Å². The standard InChI is InChI=1S/C22H28N4O2S/c1-28-13-12-26-19-7-3-2-6-18(19)24-20(26)17-23-21(27)16-22(8-14-29-15-9-22)25-10-4-5-11-25/h2-7,10-11H,8-9,12-17H2,1H3,(H,23,27). The van der Waals surface area contributed by atoms with Crippen molar-refractivity contribution in [1.29, 1.82) is 0 Å². The van der Waals surface area contributed by atoms with Gasteiger partial charge in [0.25, 0.3) is 0 Å². The van der Waals surface area contributed by atoms with Crippen LogP contribution in [0, 0.1) is 0 Å². The average molecular weight is 413 g/mol. The number of fused-ring (bicyclic) bond motifs is 1. The van der Waals surface area contributed by atoms with Crippen molar-refractivity contribution in [2.45, 2.75) is 37.9 Å². The number of benzene rings is 1. The number of methoxy groups -OCH3 is 1. The van der Waals surface area contributed by atoms with Crippen LogP contribution in [0.1, 0.15) is 25.1 Å². The first-order valence-electron chi connectivity index (χ1n) is 10.1. The number of rotatable bonds is 8. The third kappa shape index (κ3) is 4.36. The van der Waals surface area contributed by atoms with Crippen LogP contribution in [0.3, 0.4) is 0 Å². The van der Waals surface area contributed by atoms with Crippen LogP contribution in [0.4, 0.5) is 0 Å². The smallest absolute Gasteiger partial charge is 0.222 e. The quantitative estimate of drug-likeness (QED) is 0.616. The van der Waals surface area contributed by atoms with Crippen molar-refractivity contribution >= 4 is 28.7 Å². The van der Waals surface area contributed by atoms with Gasteiger partial charge in [0.1, 0.15) is 5.82 Å². The van der Waals surface area contributed by atoms with E-state index in [1.807, 2.05) is 42.1 Å². The molecule has 1 N–H and O–H groups in total. The first kappa shape index (κ1) is 20.0. The molecule has 1 saturated heterocycles. The lowest BCUT2D eigenvalue weighted by atomic mass is 9.87. The first-order chi connectivity index (χ1) is 14.2. The molecule has 0 aliphatic carbocycles. The zero-order chi connectivity index (χ0) is 20.1. The second kappa shape index (κ2) is 9.05. The average Bonchev–Trinajstić information content (AvgIpc) is 3.40. The maximum absolute atomic E-state index is 12.9. The van der Waals surface area contributed by atoms with Gasteiger partial charge >= 0.3 is 0 Å². The number of imidazole rings is 1. The van der Waals surface area contributed by atoms with Gasteiger partial charge in [0.05, 0.1) is 36.1 Å². The Labute approximate surface area is 175 Å². The molecule has 4 rings (SSSR count). The topological polar surface area (TPSA) is 61.1 Å². The minimum absolute atomic E-state index is 0.0796. The molecule has 7 heteroatoms. The van der Waals surface area contributed by atoms with Crippen molar-refractivity contribution in [3.05, 3.63) is 54.6 Å². The zero-order valence-corrected chi connectivity index (χ0v) is 17.7. The van der Waals surface area contributed by atoms with Crippen LogP contribution < -0.4 is 5.32 Å². The van der Waals surface area contributed by atoms with Crippen LogP contribution in [0.5, 0.6) is 0 Å². The lowest BCUT2D eigenvalue weighted by Gasteiger charge is -2.38. The third-order valence-electron chi connectivity index (χ3n) is 5.76. The summed E-state index contributed by atoms with van der Waals surface area (Å²) in [6.07, 6.45) is 6.72. The van der Waals surface area contributed by atoms with Gasteiger partial charge in [-0.2, -0.15) is 11.8 Å². The third-order valence-corrected chi connectivity index (χ3v) is 6.75. The molecule has 3 aromatic rings. The van der Waals surface area contributed by atoms with Crippen molar-refractivity contribution in [3.63, 3.8) is 0 Å². The Balaban J connectivity index is 1.48. The Bertz CT molecular complexity index is 945. The molecule has 154 valence electrons. The van der Waals surface area contributed by atoms with Crippen molar-refractivity contribution in [2.75, 3.05) is 25.2 Å². The van der Waals surface area contributed by atoms with Gasteiger partial charge < -0.3 is 19.2 Å². The number of thioether (sulfide) groups is 1. The summed E-state index contributed by atoms with van der Waals surface area (Å²) in [6.45, 7) is 1.75. The lowest BCUT2D eigenvalue weighted by molar-refractivity contribution is -0.123.